The number of rotatable bonds is 5. The van der Waals surface area contributed by atoms with Gasteiger partial charge < -0.3 is 19.5 Å². The molecule has 0 amide bonds. The quantitative estimate of drug-likeness (QED) is 0.532. The lowest BCUT2D eigenvalue weighted by Gasteiger charge is -2.21. The van der Waals surface area contributed by atoms with Gasteiger partial charge in [-0.3, -0.25) is 0 Å². The van der Waals surface area contributed by atoms with Crippen molar-refractivity contribution in [3.8, 4) is 11.5 Å². The molecule has 0 aliphatic heterocycles. The molecule has 3 aromatic rings. The molecule has 5 nitrogen and oxygen atoms in total. The standard InChI is InChI=1S/C21H21NO4/c1-3-22(4-2)16-8-9-17-15(12-21(25)26-20(17)13-16)7-5-14-6-10-18(23)19(24)11-14/h5-13,23-24H,3-4H2,1-2H3. The summed E-state index contributed by atoms with van der Waals surface area (Å²) in [6, 6.07) is 11.8. The minimum atomic E-state index is -0.414. The molecule has 0 aliphatic rings. The summed E-state index contributed by atoms with van der Waals surface area (Å²) in [6.07, 6.45) is 3.56. The first-order valence-electron chi connectivity index (χ1n) is 8.54. The van der Waals surface area contributed by atoms with Crippen molar-refractivity contribution in [3.63, 3.8) is 0 Å². The molecule has 5 heteroatoms. The van der Waals surface area contributed by atoms with E-state index in [9.17, 15) is 15.0 Å². The number of phenols is 2. The number of phenolic OH excluding ortho intramolecular Hbond substituents is 2. The van der Waals surface area contributed by atoms with Crippen LogP contribution in [0.4, 0.5) is 5.69 Å². The first-order chi connectivity index (χ1) is 12.5. The van der Waals surface area contributed by atoms with E-state index in [0.717, 1.165) is 29.7 Å². The van der Waals surface area contributed by atoms with Gasteiger partial charge in [0.15, 0.2) is 11.5 Å². The Balaban J connectivity index is 2.04. The summed E-state index contributed by atoms with van der Waals surface area (Å²) in [5, 5.41) is 19.8. The Labute approximate surface area is 151 Å². The third-order valence-corrected chi connectivity index (χ3v) is 4.34. The number of aromatic hydroxyl groups is 2. The molecule has 2 N–H and O–H groups in total. The summed E-state index contributed by atoms with van der Waals surface area (Å²) in [5.74, 6) is -0.356. The average Bonchev–Trinajstić information content (AvgIpc) is 2.63. The van der Waals surface area contributed by atoms with Gasteiger partial charge in [0.2, 0.25) is 0 Å². The third-order valence-electron chi connectivity index (χ3n) is 4.34. The first kappa shape index (κ1) is 17.6. The van der Waals surface area contributed by atoms with Gasteiger partial charge in [0.1, 0.15) is 5.58 Å². The highest BCUT2D eigenvalue weighted by molar-refractivity contribution is 5.91. The molecule has 1 heterocycles. The average molecular weight is 351 g/mol. The van der Waals surface area contributed by atoms with E-state index in [4.69, 9.17) is 4.42 Å². The zero-order valence-electron chi connectivity index (χ0n) is 14.8. The normalized spacial score (nSPS) is 11.3. The van der Waals surface area contributed by atoms with Crippen LogP contribution in [0.1, 0.15) is 25.0 Å². The molecule has 0 saturated heterocycles. The van der Waals surface area contributed by atoms with E-state index in [-0.39, 0.29) is 11.5 Å². The SMILES string of the molecule is CCN(CC)c1ccc2c(C=Cc3ccc(O)c(O)c3)cc(=O)oc2c1. The molecule has 2 aromatic carbocycles. The molecule has 1 aromatic heterocycles. The van der Waals surface area contributed by atoms with Crippen molar-refractivity contribution in [2.75, 3.05) is 18.0 Å². The van der Waals surface area contributed by atoms with Gasteiger partial charge in [-0.15, -0.1) is 0 Å². The number of hydrogen-bond donors (Lipinski definition) is 2. The largest absolute Gasteiger partial charge is 0.504 e. The van der Waals surface area contributed by atoms with Crippen LogP contribution in [-0.2, 0) is 0 Å². The summed E-state index contributed by atoms with van der Waals surface area (Å²) >= 11 is 0. The third kappa shape index (κ3) is 3.57. The molecule has 0 bridgehead atoms. The lowest BCUT2D eigenvalue weighted by molar-refractivity contribution is 0.403. The van der Waals surface area contributed by atoms with Gasteiger partial charge in [0.05, 0.1) is 0 Å². The highest BCUT2D eigenvalue weighted by Crippen LogP contribution is 2.27. The van der Waals surface area contributed by atoms with Crippen LogP contribution < -0.4 is 10.5 Å². The van der Waals surface area contributed by atoms with Crippen LogP contribution in [0.2, 0.25) is 0 Å². The van der Waals surface area contributed by atoms with Crippen molar-refractivity contribution in [3.05, 3.63) is 64.0 Å². The Bertz CT molecular complexity index is 1020. The van der Waals surface area contributed by atoms with E-state index in [1.54, 1.807) is 18.2 Å². The molecule has 0 radical (unpaired) electrons. The van der Waals surface area contributed by atoms with Crippen molar-refractivity contribution in [2.45, 2.75) is 13.8 Å². The lowest BCUT2D eigenvalue weighted by Crippen LogP contribution is -2.21. The van der Waals surface area contributed by atoms with E-state index in [2.05, 4.69) is 18.7 Å². The second-order valence-electron chi connectivity index (χ2n) is 5.96. The Hall–Kier alpha value is -3.21. The summed E-state index contributed by atoms with van der Waals surface area (Å²) < 4.78 is 5.38. The van der Waals surface area contributed by atoms with Gasteiger partial charge >= 0.3 is 5.63 Å². The predicted molar refractivity (Wildman–Crippen MR) is 105 cm³/mol. The van der Waals surface area contributed by atoms with E-state index in [1.807, 2.05) is 18.2 Å². The lowest BCUT2D eigenvalue weighted by atomic mass is 10.1. The first-order valence-corrected chi connectivity index (χ1v) is 8.54. The predicted octanol–water partition coefficient (Wildman–Crippen LogP) is 4.22. The Morgan fingerprint density at radius 2 is 1.73 bits per heavy atom. The number of anilines is 1. The van der Waals surface area contributed by atoms with Crippen molar-refractivity contribution in [1.82, 2.24) is 0 Å². The maximum atomic E-state index is 11.9. The van der Waals surface area contributed by atoms with Crippen molar-refractivity contribution >= 4 is 28.8 Å². The molecule has 0 aliphatic carbocycles. The van der Waals surface area contributed by atoms with Crippen molar-refractivity contribution < 1.29 is 14.6 Å². The smallest absolute Gasteiger partial charge is 0.336 e. The highest BCUT2D eigenvalue weighted by atomic mass is 16.4. The highest BCUT2D eigenvalue weighted by Gasteiger charge is 2.08. The van der Waals surface area contributed by atoms with Gasteiger partial charge in [-0.25, -0.2) is 4.79 Å². The summed E-state index contributed by atoms with van der Waals surface area (Å²) in [5.41, 5.74) is 2.57. The molecule has 0 saturated carbocycles. The van der Waals surface area contributed by atoms with E-state index >= 15 is 0 Å². The molecule has 0 fully saturated rings. The van der Waals surface area contributed by atoms with Crippen molar-refractivity contribution in [2.24, 2.45) is 0 Å². The minimum absolute atomic E-state index is 0.170. The van der Waals surface area contributed by atoms with E-state index < -0.39 is 5.63 Å². The van der Waals surface area contributed by atoms with Crippen LogP contribution in [-0.4, -0.2) is 23.3 Å². The second-order valence-corrected chi connectivity index (χ2v) is 5.96. The van der Waals surface area contributed by atoms with Crippen LogP contribution in [0.3, 0.4) is 0 Å². The Kier molecular flexibility index (Phi) is 4.98. The van der Waals surface area contributed by atoms with Gasteiger partial charge in [-0.1, -0.05) is 18.2 Å². The Morgan fingerprint density at radius 3 is 2.42 bits per heavy atom. The summed E-state index contributed by atoms with van der Waals surface area (Å²) in [6.45, 7) is 5.90. The topological polar surface area (TPSA) is 73.9 Å². The summed E-state index contributed by atoms with van der Waals surface area (Å²) in [7, 11) is 0. The zero-order chi connectivity index (χ0) is 18.7. The molecular weight excluding hydrogens is 330 g/mol. The monoisotopic (exact) mass is 351 g/mol. The second kappa shape index (κ2) is 7.35. The number of benzene rings is 2. The van der Waals surface area contributed by atoms with Crippen molar-refractivity contribution in [1.29, 1.82) is 0 Å². The van der Waals surface area contributed by atoms with Gasteiger partial charge in [-0.05, 0) is 49.2 Å². The van der Waals surface area contributed by atoms with Gasteiger partial charge in [0.25, 0.3) is 0 Å². The number of nitrogens with zero attached hydrogens (tertiary/aromatic N) is 1. The molecule has 3 rings (SSSR count). The van der Waals surface area contributed by atoms with Crippen LogP contribution >= 0.6 is 0 Å². The molecule has 0 unspecified atom stereocenters. The fourth-order valence-electron chi connectivity index (χ4n) is 2.93. The zero-order valence-corrected chi connectivity index (χ0v) is 14.8. The maximum absolute atomic E-state index is 11.9. The fraction of sp³-hybridized carbons (Fsp3) is 0.190. The minimum Gasteiger partial charge on any atom is -0.504 e. The molecule has 26 heavy (non-hydrogen) atoms. The number of hydrogen-bond acceptors (Lipinski definition) is 5. The number of fused-ring (bicyclic) bond motifs is 1. The molecule has 134 valence electrons. The molecule has 0 atom stereocenters. The molecule has 0 spiro atoms. The summed E-state index contributed by atoms with van der Waals surface area (Å²) in [4.78, 5) is 14.1. The molecular formula is C21H21NO4. The van der Waals surface area contributed by atoms with Gasteiger partial charge in [-0.2, -0.15) is 0 Å². The Morgan fingerprint density at radius 1 is 0.962 bits per heavy atom. The van der Waals surface area contributed by atoms with Crippen LogP contribution in [0, 0.1) is 0 Å². The van der Waals surface area contributed by atoms with Gasteiger partial charge in [0, 0.05) is 36.3 Å². The van der Waals surface area contributed by atoms with Crippen LogP contribution in [0.15, 0.2) is 51.7 Å². The fourth-order valence-corrected chi connectivity index (χ4v) is 2.93. The van der Waals surface area contributed by atoms with E-state index in [0.29, 0.717) is 11.1 Å². The van der Waals surface area contributed by atoms with Crippen LogP contribution in [0.5, 0.6) is 11.5 Å². The van der Waals surface area contributed by atoms with Crippen LogP contribution in [0.25, 0.3) is 23.1 Å². The van der Waals surface area contributed by atoms with E-state index in [1.165, 1.54) is 18.2 Å². The maximum Gasteiger partial charge on any atom is 0.336 e.